The van der Waals surface area contributed by atoms with Gasteiger partial charge in [-0.15, -0.1) is 0 Å². The minimum absolute atomic E-state index is 0.466. The first-order chi connectivity index (χ1) is 8.70. The summed E-state index contributed by atoms with van der Waals surface area (Å²) >= 11 is 6.07. The molecule has 0 fully saturated rings. The summed E-state index contributed by atoms with van der Waals surface area (Å²) < 4.78 is 0. The maximum Gasteiger partial charge on any atom is 0.145 e. The molecular weight excluding hydrogens is 246 g/mol. The lowest BCUT2D eigenvalue weighted by Gasteiger charge is -2.09. The van der Waals surface area contributed by atoms with Crippen molar-refractivity contribution in [2.45, 2.75) is 13.5 Å². The Morgan fingerprint density at radius 3 is 2.72 bits per heavy atom. The number of pyridine rings is 1. The molecule has 4 heteroatoms. The van der Waals surface area contributed by atoms with E-state index in [1.807, 2.05) is 30.3 Å². The predicted molar refractivity (Wildman–Crippen MR) is 72.5 cm³/mol. The minimum atomic E-state index is 0.466. The third-order valence-electron chi connectivity index (χ3n) is 2.59. The van der Waals surface area contributed by atoms with Crippen LogP contribution in [-0.2, 0) is 6.54 Å². The van der Waals surface area contributed by atoms with E-state index in [1.165, 1.54) is 0 Å². The van der Waals surface area contributed by atoms with Crippen LogP contribution in [0.4, 0.5) is 5.82 Å². The smallest absolute Gasteiger partial charge is 0.145 e. The highest BCUT2D eigenvalue weighted by Crippen LogP contribution is 2.22. The molecule has 0 saturated carbocycles. The number of nitriles is 1. The van der Waals surface area contributed by atoms with Crippen molar-refractivity contribution in [1.29, 1.82) is 5.26 Å². The molecule has 1 heterocycles. The van der Waals surface area contributed by atoms with Gasteiger partial charge in [-0.05, 0) is 18.6 Å². The van der Waals surface area contributed by atoms with Gasteiger partial charge in [0.1, 0.15) is 11.9 Å². The molecule has 2 rings (SSSR count). The van der Waals surface area contributed by atoms with Crippen LogP contribution in [0.15, 0.2) is 36.4 Å². The van der Waals surface area contributed by atoms with Crippen molar-refractivity contribution >= 4 is 17.4 Å². The number of nitrogens with zero attached hydrogens (tertiary/aromatic N) is 2. The highest BCUT2D eigenvalue weighted by Gasteiger charge is 2.07. The van der Waals surface area contributed by atoms with Crippen molar-refractivity contribution in [3.05, 3.63) is 58.2 Å². The molecule has 0 saturated heterocycles. The summed E-state index contributed by atoms with van der Waals surface area (Å²) in [5, 5.41) is 12.5. The molecule has 0 spiro atoms. The van der Waals surface area contributed by atoms with Crippen LogP contribution in [0.5, 0.6) is 0 Å². The van der Waals surface area contributed by atoms with Crippen molar-refractivity contribution < 1.29 is 0 Å². The molecule has 0 aliphatic carbocycles. The van der Waals surface area contributed by atoms with Crippen molar-refractivity contribution in [1.82, 2.24) is 4.98 Å². The fraction of sp³-hybridized carbons (Fsp3) is 0.143. The van der Waals surface area contributed by atoms with Crippen LogP contribution < -0.4 is 5.32 Å². The molecule has 2 aromatic rings. The van der Waals surface area contributed by atoms with Gasteiger partial charge in [0.2, 0.25) is 0 Å². The Kier molecular flexibility index (Phi) is 3.81. The number of halogens is 1. The summed E-state index contributed by atoms with van der Waals surface area (Å²) in [6.45, 7) is 2.45. The first-order valence-corrected chi connectivity index (χ1v) is 5.93. The Labute approximate surface area is 111 Å². The monoisotopic (exact) mass is 257 g/mol. The first kappa shape index (κ1) is 12.4. The fourth-order valence-corrected chi connectivity index (χ4v) is 1.82. The van der Waals surface area contributed by atoms with Gasteiger partial charge >= 0.3 is 0 Å². The molecule has 0 atom stereocenters. The minimum Gasteiger partial charge on any atom is -0.365 e. The summed E-state index contributed by atoms with van der Waals surface area (Å²) in [5.74, 6) is 0.608. The Bertz CT molecular complexity index is 588. The Balaban J connectivity index is 2.16. The van der Waals surface area contributed by atoms with Crippen LogP contribution in [-0.4, -0.2) is 4.98 Å². The fourth-order valence-electron chi connectivity index (χ4n) is 1.60. The average molecular weight is 258 g/mol. The van der Waals surface area contributed by atoms with Crippen molar-refractivity contribution in [2.24, 2.45) is 0 Å². The number of aromatic nitrogens is 1. The van der Waals surface area contributed by atoms with Crippen LogP contribution in [0.2, 0.25) is 5.02 Å². The number of anilines is 1. The van der Waals surface area contributed by atoms with E-state index in [4.69, 9.17) is 16.9 Å². The van der Waals surface area contributed by atoms with Gasteiger partial charge in [-0.2, -0.15) is 5.26 Å². The largest absolute Gasteiger partial charge is 0.365 e. The molecule has 0 aliphatic heterocycles. The topological polar surface area (TPSA) is 48.7 Å². The van der Waals surface area contributed by atoms with E-state index in [9.17, 15) is 0 Å². The zero-order valence-corrected chi connectivity index (χ0v) is 10.7. The van der Waals surface area contributed by atoms with Crippen LogP contribution in [0, 0.1) is 18.3 Å². The molecule has 0 aliphatic rings. The number of hydrogen-bond donors (Lipinski definition) is 1. The predicted octanol–water partition coefficient (Wildman–Crippen LogP) is 3.53. The zero-order valence-electron chi connectivity index (χ0n) is 9.94. The molecule has 0 unspecified atom stereocenters. The maximum atomic E-state index is 8.87. The van der Waals surface area contributed by atoms with Gasteiger partial charge < -0.3 is 5.32 Å². The lowest BCUT2D eigenvalue weighted by molar-refractivity contribution is 1.08. The van der Waals surface area contributed by atoms with Crippen LogP contribution >= 0.6 is 11.6 Å². The molecule has 1 aromatic heterocycles. The molecule has 0 bridgehead atoms. The zero-order chi connectivity index (χ0) is 13.0. The third-order valence-corrected chi connectivity index (χ3v) is 2.88. The highest BCUT2D eigenvalue weighted by atomic mass is 35.5. The molecule has 3 nitrogen and oxygen atoms in total. The van der Waals surface area contributed by atoms with Crippen molar-refractivity contribution in [2.75, 3.05) is 5.32 Å². The second-order valence-corrected chi connectivity index (χ2v) is 4.31. The van der Waals surface area contributed by atoms with Gasteiger partial charge in [-0.25, -0.2) is 4.98 Å². The van der Waals surface area contributed by atoms with E-state index in [-0.39, 0.29) is 0 Å². The number of nitrogens with one attached hydrogen (secondary N) is 1. The van der Waals surface area contributed by atoms with Gasteiger partial charge in [0.15, 0.2) is 0 Å². The van der Waals surface area contributed by atoms with E-state index >= 15 is 0 Å². The number of aryl methyl sites for hydroxylation is 1. The van der Waals surface area contributed by atoms with E-state index in [1.54, 1.807) is 13.0 Å². The standard InChI is InChI=1S/C14H12ClN3/c1-10-12(8-16)7-13(15)14(18-10)17-9-11-5-3-2-4-6-11/h2-7H,9H2,1H3,(H,17,18). The number of benzene rings is 1. The summed E-state index contributed by atoms with van der Waals surface area (Å²) in [6, 6.07) is 13.7. The highest BCUT2D eigenvalue weighted by molar-refractivity contribution is 6.33. The van der Waals surface area contributed by atoms with Crippen LogP contribution in [0.25, 0.3) is 0 Å². The molecule has 0 radical (unpaired) electrons. The summed E-state index contributed by atoms with van der Waals surface area (Å²) in [7, 11) is 0. The van der Waals surface area contributed by atoms with E-state index in [2.05, 4.69) is 16.4 Å². The molecular formula is C14H12ClN3. The summed E-state index contributed by atoms with van der Waals surface area (Å²) in [4.78, 5) is 4.29. The Hall–Kier alpha value is -2.05. The summed E-state index contributed by atoms with van der Waals surface area (Å²) in [6.07, 6.45) is 0. The van der Waals surface area contributed by atoms with Crippen molar-refractivity contribution in [3.8, 4) is 6.07 Å². The van der Waals surface area contributed by atoms with E-state index in [0.717, 1.165) is 5.56 Å². The molecule has 1 N–H and O–H groups in total. The molecule has 0 amide bonds. The molecule has 18 heavy (non-hydrogen) atoms. The first-order valence-electron chi connectivity index (χ1n) is 5.55. The second-order valence-electron chi connectivity index (χ2n) is 3.90. The van der Waals surface area contributed by atoms with Gasteiger partial charge in [0.05, 0.1) is 16.3 Å². The lowest BCUT2D eigenvalue weighted by atomic mass is 10.2. The maximum absolute atomic E-state index is 8.87. The normalized spacial score (nSPS) is 9.83. The van der Waals surface area contributed by atoms with E-state index in [0.29, 0.717) is 28.6 Å². The van der Waals surface area contributed by atoms with Crippen LogP contribution in [0.1, 0.15) is 16.8 Å². The SMILES string of the molecule is Cc1nc(NCc2ccccc2)c(Cl)cc1C#N. The molecule has 1 aromatic carbocycles. The van der Waals surface area contributed by atoms with Gasteiger partial charge in [0, 0.05) is 6.54 Å². The summed E-state index contributed by atoms with van der Waals surface area (Å²) in [5.41, 5.74) is 2.33. The Morgan fingerprint density at radius 2 is 2.06 bits per heavy atom. The second kappa shape index (κ2) is 5.52. The third kappa shape index (κ3) is 2.79. The van der Waals surface area contributed by atoms with E-state index < -0.39 is 0 Å². The number of hydrogen-bond acceptors (Lipinski definition) is 3. The quantitative estimate of drug-likeness (QED) is 0.915. The Morgan fingerprint density at radius 1 is 1.33 bits per heavy atom. The van der Waals surface area contributed by atoms with Gasteiger partial charge in [-0.1, -0.05) is 41.9 Å². The van der Waals surface area contributed by atoms with Crippen LogP contribution in [0.3, 0.4) is 0 Å². The van der Waals surface area contributed by atoms with Gasteiger partial charge in [0.25, 0.3) is 0 Å². The average Bonchev–Trinajstić information content (AvgIpc) is 2.40. The molecule has 90 valence electrons. The van der Waals surface area contributed by atoms with Crippen molar-refractivity contribution in [3.63, 3.8) is 0 Å². The lowest BCUT2D eigenvalue weighted by Crippen LogP contribution is -2.03. The number of rotatable bonds is 3. The van der Waals surface area contributed by atoms with Gasteiger partial charge in [-0.3, -0.25) is 0 Å².